The molecule has 162 valence electrons. The maximum atomic E-state index is 13.3. The third-order valence-electron chi connectivity index (χ3n) is 5.82. The predicted molar refractivity (Wildman–Crippen MR) is 123 cm³/mol. The maximum Gasteiger partial charge on any atom is 0.332 e. The van der Waals surface area contributed by atoms with Crippen molar-refractivity contribution in [2.24, 2.45) is 7.05 Å². The van der Waals surface area contributed by atoms with Crippen molar-refractivity contribution in [3.05, 3.63) is 87.2 Å². The second kappa shape index (κ2) is 7.65. The van der Waals surface area contributed by atoms with Gasteiger partial charge in [0, 0.05) is 32.0 Å². The smallest absolute Gasteiger partial charge is 0.332 e. The summed E-state index contributed by atoms with van der Waals surface area (Å²) in [6.07, 6.45) is 2.22. The third kappa shape index (κ3) is 2.91. The number of rotatable bonds is 5. The molecule has 0 unspecified atom stereocenters. The Bertz CT molecular complexity index is 1570. The lowest BCUT2D eigenvalue weighted by Gasteiger charge is -2.11. The van der Waals surface area contributed by atoms with Gasteiger partial charge in [-0.05, 0) is 25.0 Å². The second-order valence-corrected chi connectivity index (χ2v) is 7.83. The molecule has 8 heteroatoms. The van der Waals surface area contributed by atoms with E-state index in [1.54, 1.807) is 11.4 Å². The van der Waals surface area contributed by atoms with E-state index in [-0.39, 0.29) is 13.2 Å². The van der Waals surface area contributed by atoms with E-state index in [1.807, 2.05) is 72.3 Å². The van der Waals surface area contributed by atoms with Gasteiger partial charge in [0.05, 0.1) is 11.4 Å². The molecule has 0 amide bonds. The average Bonchev–Trinajstić information content (AvgIpc) is 3.35. The Balaban J connectivity index is 1.93. The molecule has 0 saturated carbocycles. The number of benzene rings is 2. The van der Waals surface area contributed by atoms with Crippen molar-refractivity contribution in [1.29, 1.82) is 0 Å². The van der Waals surface area contributed by atoms with Crippen LogP contribution in [0, 0.1) is 6.92 Å². The Morgan fingerprint density at radius 1 is 1.00 bits per heavy atom. The topological polar surface area (TPSA) is 86.5 Å². The molecule has 3 aromatic heterocycles. The van der Waals surface area contributed by atoms with E-state index in [4.69, 9.17) is 4.98 Å². The summed E-state index contributed by atoms with van der Waals surface area (Å²) in [5, 5.41) is 9.20. The van der Waals surface area contributed by atoms with Crippen LogP contribution in [0.15, 0.2) is 70.4 Å². The van der Waals surface area contributed by atoms with Crippen LogP contribution in [0.1, 0.15) is 12.0 Å². The molecule has 0 radical (unpaired) electrons. The number of nitrogens with zero attached hydrogens (tertiary/aromatic N) is 5. The lowest BCUT2D eigenvalue weighted by Crippen LogP contribution is -2.39. The zero-order chi connectivity index (χ0) is 22.4. The quantitative estimate of drug-likeness (QED) is 0.465. The normalized spacial score (nSPS) is 11.6. The molecule has 0 atom stereocenters. The van der Waals surface area contributed by atoms with Crippen LogP contribution in [0.2, 0.25) is 0 Å². The van der Waals surface area contributed by atoms with Gasteiger partial charge in [-0.2, -0.15) is 4.98 Å². The number of imidazole rings is 2. The SMILES string of the molecule is Cc1ccccc1-n1c(-c2ccccc2)cn2c3c(=O)n(CCCO)c(=O)n(C)c3nc12. The first-order valence-corrected chi connectivity index (χ1v) is 10.5. The second-order valence-electron chi connectivity index (χ2n) is 7.83. The minimum Gasteiger partial charge on any atom is -0.396 e. The van der Waals surface area contributed by atoms with E-state index < -0.39 is 11.2 Å². The largest absolute Gasteiger partial charge is 0.396 e. The lowest BCUT2D eigenvalue weighted by atomic mass is 10.1. The van der Waals surface area contributed by atoms with Gasteiger partial charge in [-0.15, -0.1) is 0 Å². The van der Waals surface area contributed by atoms with Crippen LogP contribution in [-0.4, -0.2) is 34.8 Å². The number of para-hydroxylation sites is 1. The Hall–Kier alpha value is -3.91. The van der Waals surface area contributed by atoms with Crippen LogP contribution in [0.4, 0.5) is 0 Å². The Labute approximate surface area is 183 Å². The summed E-state index contributed by atoms with van der Waals surface area (Å²) in [5.41, 5.74) is 3.69. The predicted octanol–water partition coefficient (Wildman–Crippen LogP) is 2.50. The molecule has 3 heterocycles. The van der Waals surface area contributed by atoms with Crippen LogP contribution in [0.5, 0.6) is 0 Å². The Kier molecular flexibility index (Phi) is 4.79. The zero-order valence-corrected chi connectivity index (χ0v) is 17.9. The molecule has 32 heavy (non-hydrogen) atoms. The van der Waals surface area contributed by atoms with Gasteiger partial charge >= 0.3 is 5.69 Å². The first kappa shape index (κ1) is 20.0. The Morgan fingerprint density at radius 2 is 1.72 bits per heavy atom. The molecule has 1 N–H and O–H groups in total. The number of aliphatic hydroxyl groups excluding tert-OH is 1. The van der Waals surface area contributed by atoms with E-state index in [2.05, 4.69) is 0 Å². The molecular weight excluding hydrogens is 406 g/mol. The molecule has 0 saturated heterocycles. The highest BCUT2D eigenvalue weighted by Crippen LogP contribution is 2.29. The van der Waals surface area contributed by atoms with Crippen molar-refractivity contribution in [2.75, 3.05) is 6.61 Å². The van der Waals surface area contributed by atoms with Crippen molar-refractivity contribution in [1.82, 2.24) is 23.1 Å². The highest BCUT2D eigenvalue weighted by molar-refractivity contribution is 5.79. The summed E-state index contributed by atoms with van der Waals surface area (Å²) < 4.78 is 6.35. The van der Waals surface area contributed by atoms with Gasteiger partial charge in [0.1, 0.15) is 0 Å². The van der Waals surface area contributed by atoms with Crippen LogP contribution in [-0.2, 0) is 13.6 Å². The number of hydrogen-bond donors (Lipinski definition) is 1. The Morgan fingerprint density at radius 3 is 2.44 bits per heavy atom. The van der Waals surface area contributed by atoms with Gasteiger partial charge in [0.15, 0.2) is 11.2 Å². The summed E-state index contributed by atoms with van der Waals surface area (Å²) in [6.45, 7) is 2.08. The zero-order valence-electron chi connectivity index (χ0n) is 17.9. The van der Waals surface area contributed by atoms with Crippen LogP contribution in [0.3, 0.4) is 0 Å². The van der Waals surface area contributed by atoms with Crippen molar-refractivity contribution < 1.29 is 5.11 Å². The minimum atomic E-state index is -0.442. The van der Waals surface area contributed by atoms with E-state index in [0.29, 0.717) is 23.4 Å². The van der Waals surface area contributed by atoms with E-state index >= 15 is 0 Å². The van der Waals surface area contributed by atoms with Crippen LogP contribution in [0.25, 0.3) is 33.9 Å². The van der Waals surface area contributed by atoms with Gasteiger partial charge in [0.2, 0.25) is 5.78 Å². The molecule has 0 aliphatic rings. The highest BCUT2D eigenvalue weighted by atomic mass is 16.3. The summed E-state index contributed by atoms with van der Waals surface area (Å²) >= 11 is 0. The van der Waals surface area contributed by atoms with Gasteiger partial charge in [-0.3, -0.25) is 22.9 Å². The van der Waals surface area contributed by atoms with Crippen molar-refractivity contribution in [3.8, 4) is 16.9 Å². The summed E-state index contributed by atoms with van der Waals surface area (Å²) in [5.74, 6) is 0.556. The van der Waals surface area contributed by atoms with Gasteiger partial charge in [-0.25, -0.2) is 4.79 Å². The monoisotopic (exact) mass is 429 g/mol. The third-order valence-corrected chi connectivity index (χ3v) is 5.82. The van der Waals surface area contributed by atoms with Crippen molar-refractivity contribution in [2.45, 2.75) is 19.9 Å². The highest BCUT2D eigenvalue weighted by Gasteiger charge is 2.22. The number of fused-ring (bicyclic) bond motifs is 3. The van der Waals surface area contributed by atoms with Gasteiger partial charge in [-0.1, -0.05) is 48.5 Å². The fourth-order valence-corrected chi connectivity index (χ4v) is 4.19. The summed E-state index contributed by atoms with van der Waals surface area (Å²) in [4.78, 5) is 30.9. The number of aryl methyl sites for hydroxylation is 2. The molecule has 0 aliphatic carbocycles. The van der Waals surface area contributed by atoms with Gasteiger partial charge in [0.25, 0.3) is 5.56 Å². The molecule has 0 aliphatic heterocycles. The molecule has 2 aromatic carbocycles. The maximum absolute atomic E-state index is 13.3. The standard InChI is InChI=1S/C24H23N5O3/c1-16-9-6-7-12-18(16)29-19(17-10-4-3-5-11-17)15-28-20-21(25-23(28)29)26(2)24(32)27(22(20)31)13-8-14-30/h3-7,9-12,15,30H,8,13-14H2,1-2H3. The van der Waals surface area contributed by atoms with E-state index in [0.717, 1.165) is 22.5 Å². The average molecular weight is 429 g/mol. The minimum absolute atomic E-state index is 0.0999. The van der Waals surface area contributed by atoms with Crippen LogP contribution >= 0.6 is 0 Å². The number of hydrogen-bond acceptors (Lipinski definition) is 4. The van der Waals surface area contributed by atoms with Crippen molar-refractivity contribution in [3.63, 3.8) is 0 Å². The van der Waals surface area contributed by atoms with Gasteiger partial charge < -0.3 is 5.11 Å². The fraction of sp³-hybridized carbons (Fsp3) is 0.208. The molecule has 0 bridgehead atoms. The first-order chi connectivity index (χ1) is 15.5. The van der Waals surface area contributed by atoms with E-state index in [1.165, 1.54) is 9.13 Å². The molecule has 0 spiro atoms. The molecule has 5 aromatic rings. The first-order valence-electron chi connectivity index (χ1n) is 10.5. The molecular formula is C24H23N5O3. The molecule has 0 fully saturated rings. The van der Waals surface area contributed by atoms with Crippen molar-refractivity contribution >= 4 is 16.9 Å². The van der Waals surface area contributed by atoms with Crippen LogP contribution < -0.4 is 11.2 Å². The summed E-state index contributed by atoms with van der Waals surface area (Å²) in [6, 6.07) is 17.9. The van der Waals surface area contributed by atoms with E-state index in [9.17, 15) is 14.7 Å². The molecule has 8 nitrogen and oxygen atoms in total. The number of aromatic nitrogens is 5. The lowest BCUT2D eigenvalue weighted by molar-refractivity contribution is 0.277. The summed E-state index contributed by atoms with van der Waals surface area (Å²) in [7, 11) is 1.61. The fourth-order valence-electron chi connectivity index (χ4n) is 4.19. The number of aliphatic hydroxyl groups is 1. The molecule has 5 rings (SSSR count).